The predicted octanol–water partition coefficient (Wildman–Crippen LogP) is 2.01. The Morgan fingerprint density at radius 3 is 2.60 bits per heavy atom. The molecule has 0 radical (unpaired) electrons. The van der Waals surface area contributed by atoms with Crippen molar-refractivity contribution >= 4 is 16.7 Å². The van der Waals surface area contributed by atoms with Crippen molar-refractivity contribution < 1.29 is 4.79 Å². The SMILES string of the molecule is O=C(Cn1ccc2ccccc2c1=O)N1CCCCC1. The molecule has 4 nitrogen and oxygen atoms in total. The molecule has 20 heavy (non-hydrogen) atoms. The van der Waals surface area contributed by atoms with Crippen LogP contribution in [0.15, 0.2) is 41.3 Å². The van der Waals surface area contributed by atoms with Gasteiger partial charge in [0, 0.05) is 24.7 Å². The molecular formula is C16H18N2O2. The Morgan fingerprint density at radius 2 is 1.80 bits per heavy atom. The second-order valence-corrected chi connectivity index (χ2v) is 5.28. The minimum Gasteiger partial charge on any atom is -0.341 e. The van der Waals surface area contributed by atoms with Gasteiger partial charge in [0.15, 0.2) is 0 Å². The van der Waals surface area contributed by atoms with Crippen LogP contribution in [-0.4, -0.2) is 28.5 Å². The number of carbonyl (C=O) groups excluding carboxylic acids is 1. The highest BCUT2D eigenvalue weighted by Gasteiger charge is 2.17. The van der Waals surface area contributed by atoms with Crippen molar-refractivity contribution in [2.45, 2.75) is 25.8 Å². The van der Waals surface area contributed by atoms with E-state index in [2.05, 4.69) is 0 Å². The van der Waals surface area contributed by atoms with Gasteiger partial charge in [-0.3, -0.25) is 9.59 Å². The molecule has 1 aliphatic rings. The summed E-state index contributed by atoms with van der Waals surface area (Å²) in [4.78, 5) is 26.4. The molecule has 1 amide bonds. The first-order valence-corrected chi connectivity index (χ1v) is 7.12. The molecule has 0 atom stereocenters. The lowest BCUT2D eigenvalue weighted by Gasteiger charge is -2.26. The summed E-state index contributed by atoms with van der Waals surface area (Å²) in [5.41, 5.74) is -0.0894. The van der Waals surface area contributed by atoms with E-state index in [9.17, 15) is 9.59 Å². The third-order valence-electron chi connectivity index (χ3n) is 3.90. The van der Waals surface area contributed by atoms with E-state index in [0.717, 1.165) is 31.3 Å². The highest BCUT2D eigenvalue weighted by molar-refractivity contribution is 5.82. The van der Waals surface area contributed by atoms with Gasteiger partial charge in [0.1, 0.15) is 6.54 Å². The number of carbonyl (C=O) groups is 1. The van der Waals surface area contributed by atoms with Gasteiger partial charge in [0.2, 0.25) is 5.91 Å². The van der Waals surface area contributed by atoms with Crippen LogP contribution < -0.4 is 5.56 Å². The highest BCUT2D eigenvalue weighted by atomic mass is 16.2. The molecule has 0 aliphatic carbocycles. The van der Waals surface area contributed by atoms with Crippen LogP contribution in [0.25, 0.3) is 10.8 Å². The van der Waals surface area contributed by atoms with Crippen LogP contribution in [0.2, 0.25) is 0 Å². The molecule has 2 aromatic rings. The van der Waals surface area contributed by atoms with Crippen molar-refractivity contribution in [1.29, 1.82) is 0 Å². The lowest BCUT2D eigenvalue weighted by Crippen LogP contribution is -2.39. The summed E-state index contributed by atoms with van der Waals surface area (Å²) in [6.07, 6.45) is 5.04. The Balaban J connectivity index is 1.85. The number of pyridine rings is 1. The van der Waals surface area contributed by atoms with Crippen LogP contribution in [0.1, 0.15) is 19.3 Å². The summed E-state index contributed by atoms with van der Waals surface area (Å²) >= 11 is 0. The van der Waals surface area contributed by atoms with Gasteiger partial charge in [-0.2, -0.15) is 0 Å². The molecular weight excluding hydrogens is 252 g/mol. The molecule has 3 rings (SSSR count). The standard InChI is InChI=1S/C16H18N2O2/c19-15(17-9-4-1-5-10-17)12-18-11-8-13-6-2-3-7-14(13)16(18)20/h2-3,6-8,11H,1,4-5,9-10,12H2. The number of benzene rings is 1. The van der Waals surface area contributed by atoms with E-state index in [1.54, 1.807) is 12.3 Å². The number of rotatable bonds is 2. The van der Waals surface area contributed by atoms with Crippen LogP contribution in [0.5, 0.6) is 0 Å². The van der Waals surface area contributed by atoms with Gasteiger partial charge in [-0.1, -0.05) is 18.2 Å². The van der Waals surface area contributed by atoms with Crippen LogP contribution in [-0.2, 0) is 11.3 Å². The third-order valence-corrected chi connectivity index (χ3v) is 3.90. The molecule has 0 bridgehead atoms. The summed E-state index contributed by atoms with van der Waals surface area (Å²) in [5, 5.41) is 1.58. The molecule has 0 spiro atoms. The number of amides is 1. The summed E-state index contributed by atoms with van der Waals surface area (Å²) < 4.78 is 1.51. The summed E-state index contributed by atoms with van der Waals surface area (Å²) in [5.74, 6) is 0.0436. The Bertz CT molecular complexity index is 684. The fourth-order valence-electron chi connectivity index (χ4n) is 2.74. The maximum Gasteiger partial charge on any atom is 0.258 e. The van der Waals surface area contributed by atoms with E-state index in [-0.39, 0.29) is 18.0 Å². The van der Waals surface area contributed by atoms with Crippen molar-refractivity contribution in [3.8, 4) is 0 Å². The van der Waals surface area contributed by atoms with Gasteiger partial charge < -0.3 is 9.47 Å². The van der Waals surface area contributed by atoms with Gasteiger partial charge in [0.05, 0.1) is 0 Å². The molecule has 1 fully saturated rings. The molecule has 0 saturated carbocycles. The van der Waals surface area contributed by atoms with Crippen molar-refractivity contribution in [2.24, 2.45) is 0 Å². The van der Waals surface area contributed by atoms with Gasteiger partial charge in [-0.05, 0) is 36.8 Å². The molecule has 1 aromatic carbocycles. The first kappa shape index (κ1) is 12.9. The van der Waals surface area contributed by atoms with Gasteiger partial charge in [0.25, 0.3) is 5.56 Å². The summed E-state index contributed by atoms with van der Waals surface area (Å²) in [6, 6.07) is 9.36. The molecule has 1 aromatic heterocycles. The molecule has 0 N–H and O–H groups in total. The van der Waals surface area contributed by atoms with Gasteiger partial charge in [-0.15, -0.1) is 0 Å². The van der Waals surface area contributed by atoms with Crippen molar-refractivity contribution in [2.75, 3.05) is 13.1 Å². The average Bonchev–Trinajstić information content (AvgIpc) is 2.51. The van der Waals surface area contributed by atoms with E-state index in [1.165, 1.54) is 11.0 Å². The maximum atomic E-state index is 12.3. The lowest BCUT2D eigenvalue weighted by atomic mass is 10.1. The van der Waals surface area contributed by atoms with Crippen LogP contribution >= 0.6 is 0 Å². The second kappa shape index (κ2) is 5.49. The molecule has 2 heterocycles. The van der Waals surface area contributed by atoms with Crippen molar-refractivity contribution in [3.05, 3.63) is 46.9 Å². The quantitative estimate of drug-likeness (QED) is 0.837. The zero-order valence-electron chi connectivity index (χ0n) is 11.4. The Morgan fingerprint density at radius 1 is 1.05 bits per heavy atom. The van der Waals surface area contributed by atoms with Gasteiger partial charge >= 0.3 is 0 Å². The molecule has 0 unspecified atom stereocenters. The average molecular weight is 270 g/mol. The second-order valence-electron chi connectivity index (χ2n) is 5.28. The number of fused-ring (bicyclic) bond motifs is 1. The molecule has 104 valence electrons. The number of hydrogen-bond acceptors (Lipinski definition) is 2. The van der Waals surface area contributed by atoms with Crippen LogP contribution in [0, 0.1) is 0 Å². The first-order chi connectivity index (χ1) is 9.75. The fourth-order valence-corrected chi connectivity index (χ4v) is 2.74. The topological polar surface area (TPSA) is 42.3 Å². The smallest absolute Gasteiger partial charge is 0.258 e. The molecule has 4 heteroatoms. The summed E-state index contributed by atoms with van der Waals surface area (Å²) in [7, 11) is 0. The van der Waals surface area contributed by atoms with Crippen LogP contribution in [0.4, 0.5) is 0 Å². The van der Waals surface area contributed by atoms with E-state index >= 15 is 0 Å². The summed E-state index contributed by atoms with van der Waals surface area (Å²) in [6.45, 7) is 1.78. The minimum atomic E-state index is -0.0894. The number of nitrogens with zero attached hydrogens (tertiary/aromatic N) is 2. The van der Waals surface area contributed by atoms with Crippen LogP contribution in [0.3, 0.4) is 0 Å². The lowest BCUT2D eigenvalue weighted by molar-refractivity contribution is -0.132. The van der Waals surface area contributed by atoms with Gasteiger partial charge in [-0.25, -0.2) is 0 Å². The maximum absolute atomic E-state index is 12.3. The zero-order valence-corrected chi connectivity index (χ0v) is 11.4. The monoisotopic (exact) mass is 270 g/mol. The number of likely N-dealkylation sites (tertiary alicyclic amines) is 1. The zero-order chi connectivity index (χ0) is 13.9. The Labute approximate surface area is 117 Å². The largest absolute Gasteiger partial charge is 0.341 e. The fraction of sp³-hybridized carbons (Fsp3) is 0.375. The van der Waals surface area contributed by atoms with E-state index in [0.29, 0.717) is 5.39 Å². The number of aromatic nitrogens is 1. The predicted molar refractivity (Wildman–Crippen MR) is 78.6 cm³/mol. The van der Waals surface area contributed by atoms with Crippen molar-refractivity contribution in [1.82, 2.24) is 9.47 Å². The number of piperidine rings is 1. The molecule has 1 saturated heterocycles. The minimum absolute atomic E-state index is 0.0436. The normalized spacial score (nSPS) is 15.5. The first-order valence-electron chi connectivity index (χ1n) is 7.12. The molecule has 1 aliphatic heterocycles. The Hall–Kier alpha value is -2.10. The highest BCUT2D eigenvalue weighted by Crippen LogP contribution is 2.11. The van der Waals surface area contributed by atoms with Crippen molar-refractivity contribution in [3.63, 3.8) is 0 Å². The number of hydrogen-bond donors (Lipinski definition) is 0. The third kappa shape index (κ3) is 2.46. The van der Waals surface area contributed by atoms with E-state index in [1.807, 2.05) is 29.2 Å². The van der Waals surface area contributed by atoms with E-state index in [4.69, 9.17) is 0 Å². The Kier molecular flexibility index (Phi) is 3.54. The van der Waals surface area contributed by atoms with E-state index < -0.39 is 0 Å².